The number of hydrogen-bond donors (Lipinski definition) is 1. The van der Waals surface area contributed by atoms with Crippen LogP contribution in [0.25, 0.3) is 0 Å². The van der Waals surface area contributed by atoms with Gasteiger partial charge in [0.25, 0.3) is 0 Å². The van der Waals surface area contributed by atoms with Crippen LogP contribution < -0.4 is 5.32 Å². The van der Waals surface area contributed by atoms with Crippen LogP contribution in [0.4, 0.5) is 18.9 Å². The van der Waals surface area contributed by atoms with Gasteiger partial charge in [0.05, 0.1) is 29.8 Å². The number of hydrogen-bond acceptors (Lipinski definition) is 5. The highest BCUT2D eigenvalue weighted by Gasteiger charge is 2.34. The minimum Gasteiger partial charge on any atom is -0.467 e. The Hall–Kier alpha value is -2.46. The van der Waals surface area contributed by atoms with Gasteiger partial charge in [-0.2, -0.15) is 13.2 Å². The summed E-state index contributed by atoms with van der Waals surface area (Å²) in [6.07, 6.45) is -1.01. The molecule has 2 aromatic heterocycles. The molecular formula is C19H16ClF3N4O2S. The van der Waals surface area contributed by atoms with Crippen molar-refractivity contribution in [2.75, 3.05) is 11.1 Å². The highest BCUT2D eigenvalue weighted by atomic mass is 35.5. The molecule has 0 unspecified atom stereocenters. The van der Waals surface area contributed by atoms with E-state index in [1.807, 2.05) is 10.6 Å². The Morgan fingerprint density at radius 1 is 1.30 bits per heavy atom. The van der Waals surface area contributed by atoms with Gasteiger partial charge in [0.1, 0.15) is 11.6 Å². The second-order valence-electron chi connectivity index (χ2n) is 6.81. The molecule has 4 rings (SSSR count). The highest BCUT2D eigenvalue weighted by molar-refractivity contribution is 7.99. The van der Waals surface area contributed by atoms with Crippen molar-refractivity contribution in [3.05, 3.63) is 58.8 Å². The zero-order valence-corrected chi connectivity index (χ0v) is 17.0. The molecule has 0 aliphatic heterocycles. The Morgan fingerprint density at radius 3 is 2.77 bits per heavy atom. The van der Waals surface area contributed by atoms with E-state index < -0.39 is 17.6 Å². The summed E-state index contributed by atoms with van der Waals surface area (Å²) < 4.78 is 46.9. The van der Waals surface area contributed by atoms with E-state index in [2.05, 4.69) is 15.5 Å². The predicted molar refractivity (Wildman–Crippen MR) is 106 cm³/mol. The van der Waals surface area contributed by atoms with Gasteiger partial charge in [-0.3, -0.25) is 9.36 Å². The molecule has 0 radical (unpaired) electrons. The molecule has 1 aliphatic rings. The van der Waals surface area contributed by atoms with Gasteiger partial charge in [-0.15, -0.1) is 10.2 Å². The zero-order chi connectivity index (χ0) is 21.3. The second kappa shape index (κ2) is 8.35. The summed E-state index contributed by atoms with van der Waals surface area (Å²) in [5.74, 6) is 1.17. The smallest absolute Gasteiger partial charge is 0.418 e. The summed E-state index contributed by atoms with van der Waals surface area (Å²) >= 11 is 6.77. The lowest BCUT2D eigenvalue weighted by Crippen LogP contribution is -2.18. The Balaban J connectivity index is 1.46. The van der Waals surface area contributed by atoms with Crippen LogP contribution >= 0.6 is 23.4 Å². The molecule has 11 heteroatoms. The van der Waals surface area contributed by atoms with Gasteiger partial charge < -0.3 is 9.73 Å². The molecule has 6 nitrogen and oxygen atoms in total. The maximum absolute atomic E-state index is 13.2. The number of carbonyl (C=O) groups is 1. The minimum atomic E-state index is -4.64. The van der Waals surface area contributed by atoms with Crippen LogP contribution in [0.1, 0.15) is 35.9 Å². The van der Waals surface area contributed by atoms with Gasteiger partial charge in [0.2, 0.25) is 5.91 Å². The Kier molecular flexibility index (Phi) is 5.79. The fraction of sp³-hybridized carbons (Fsp3) is 0.316. The number of halogens is 4. The third-order valence-electron chi connectivity index (χ3n) is 4.48. The summed E-state index contributed by atoms with van der Waals surface area (Å²) in [4.78, 5) is 12.3. The first kappa shape index (κ1) is 20.8. The standard InChI is InChI=1S/C19H16ClF3N4O2S/c20-12-5-6-15(14(8-12)19(21,22)23)24-16(28)10-30-18-26-25-17(11-3-4-11)27(18)9-13-2-1-7-29-13/h1-2,5-8,11H,3-4,9-10H2,(H,24,28). The zero-order valence-electron chi connectivity index (χ0n) is 15.4. The van der Waals surface area contributed by atoms with E-state index in [1.165, 1.54) is 6.07 Å². The van der Waals surface area contributed by atoms with Crippen LogP contribution in [0, 0.1) is 0 Å². The lowest BCUT2D eigenvalue weighted by atomic mass is 10.1. The Morgan fingerprint density at radius 2 is 2.10 bits per heavy atom. The van der Waals surface area contributed by atoms with Crippen molar-refractivity contribution in [2.24, 2.45) is 0 Å². The number of amides is 1. The number of alkyl halides is 3. The number of nitrogens with zero attached hydrogens (tertiary/aromatic N) is 3. The molecular weight excluding hydrogens is 441 g/mol. The molecule has 30 heavy (non-hydrogen) atoms. The van der Waals surface area contributed by atoms with Crippen molar-refractivity contribution in [1.29, 1.82) is 0 Å². The molecule has 0 bridgehead atoms. The molecule has 158 valence electrons. The molecule has 1 saturated carbocycles. The molecule has 0 atom stereocenters. The van der Waals surface area contributed by atoms with Crippen LogP contribution in [0.15, 0.2) is 46.2 Å². The van der Waals surface area contributed by atoms with Gasteiger partial charge in [-0.1, -0.05) is 23.4 Å². The van der Waals surface area contributed by atoms with Crippen molar-refractivity contribution in [3.63, 3.8) is 0 Å². The van der Waals surface area contributed by atoms with Gasteiger partial charge >= 0.3 is 6.18 Å². The predicted octanol–water partition coefficient (Wildman–Crippen LogP) is 5.20. The summed E-state index contributed by atoms with van der Waals surface area (Å²) in [6, 6.07) is 6.82. The summed E-state index contributed by atoms with van der Waals surface area (Å²) in [5, 5.41) is 11.1. The van der Waals surface area contributed by atoms with Gasteiger partial charge in [0.15, 0.2) is 5.16 Å². The molecule has 1 amide bonds. The van der Waals surface area contributed by atoms with Crippen molar-refractivity contribution < 1.29 is 22.4 Å². The Labute approximate surface area is 178 Å². The fourth-order valence-corrected chi connectivity index (χ4v) is 3.85. The van der Waals surface area contributed by atoms with Crippen LogP contribution in [-0.4, -0.2) is 26.4 Å². The SMILES string of the molecule is O=C(CSc1nnc(C2CC2)n1Cc1ccco1)Nc1ccc(Cl)cc1C(F)(F)F. The number of anilines is 1. The number of thioether (sulfide) groups is 1. The molecule has 1 fully saturated rings. The number of aromatic nitrogens is 3. The third-order valence-corrected chi connectivity index (χ3v) is 5.68. The van der Waals surface area contributed by atoms with Gasteiger partial charge in [0, 0.05) is 10.9 Å². The lowest BCUT2D eigenvalue weighted by Gasteiger charge is -2.14. The van der Waals surface area contributed by atoms with Crippen molar-refractivity contribution in [1.82, 2.24) is 14.8 Å². The molecule has 3 aromatic rings. The molecule has 0 saturated heterocycles. The van der Waals surface area contributed by atoms with E-state index in [4.69, 9.17) is 16.0 Å². The van der Waals surface area contributed by atoms with Gasteiger partial charge in [-0.05, 0) is 43.2 Å². The van der Waals surface area contributed by atoms with E-state index in [-0.39, 0.29) is 16.5 Å². The third kappa shape index (κ3) is 4.81. The maximum Gasteiger partial charge on any atom is 0.418 e. The summed E-state index contributed by atoms with van der Waals surface area (Å²) in [7, 11) is 0. The highest BCUT2D eigenvalue weighted by Crippen LogP contribution is 2.40. The van der Waals surface area contributed by atoms with Crippen molar-refractivity contribution in [3.8, 4) is 0 Å². The van der Waals surface area contributed by atoms with Crippen LogP contribution in [0.2, 0.25) is 5.02 Å². The molecule has 1 aliphatic carbocycles. The Bertz CT molecular complexity index is 1050. The van der Waals surface area contributed by atoms with Crippen molar-refractivity contribution in [2.45, 2.75) is 36.6 Å². The normalized spacial score (nSPS) is 14.1. The van der Waals surface area contributed by atoms with E-state index in [0.717, 1.165) is 48.3 Å². The average Bonchev–Trinajstić information content (AvgIpc) is 3.25. The van der Waals surface area contributed by atoms with Crippen LogP contribution in [0.5, 0.6) is 0 Å². The first-order valence-electron chi connectivity index (χ1n) is 9.06. The molecule has 0 spiro atoms. The van der Waals surface area contributed by atoms with Crippen molar-refractivity contribution >= 4 is 35.0 Å². The maximum atomic E-state index is 13.2. The van der Waals surface area contributed by atoms with E-state index in [1.54, 1.807) is 12.3 Å². The number of furan rings is 1. The molecule has 2 heterocycles. The number of rotatable bonds is 7. The quantitative estimate of drug-likeness (QED) is 0.495. The minimum absolute atomic E-state index is 0.0617. The average molecular weight is 457 g/mol. The largest absolute Gasteiger partial charge is 0.467 e. The monoisotopic (exact) mass is 456 g/mol. The van der Waals surface area contributed by atoms with E-state index >= 15 is 0 Å². The first-order valence-corrected chi connectivity index (χ1v) is 10.4. The molecule has 1 aromatic carbocycles. The number of nitrogens with one attached hydrogen (secondary N) is 1. The lowest BCUT2D eigenvalue weighted by molar-refractivity contribution is -0.137. The summed E-state index contributed by atoms with van der Waals surface area (Å²) in [5.41, 5.74) is -1.33. The topological polar surface area (TPSA) is 73.0 Å². The van der Waals surface area contributed by atoms with Crippen LogP contribution in [0.3, 0.4) is 0 Å². The van der Waals surface area contributed by atoms with Crippen LogP contribution in [-0.2, 0) is 17.5 Å². The fourth-order valence-electron chi connectivity index (χ4n) is 2.93. The number of carbonyl (C=O) groups excluding carboxylic acids is 1. The molecule has 1 N–H and O–H groups in total. The summed E-state index contributed by atoms with van der Waals surface area (Å²) in [6.45, 7) is 0.422. The first-order chi connectivity index (χ1) is 14.3. The van der Waals surface area contributed by atoms with Gasteiger partial charge in [-0.25, -0.2) is 0 Å². The second-order valence-corrected chi connectivity index (χ2v) is 8.18. The number of benzene rings is 1. The van der Waals surface area contributed by atoms with E-state index in [9.17, 15) is 18.0 Å². The van der Waals surface area contributed by atoms with E-state index in [0.29, 0.717) is 17.6 Å².